The van der Waals surface area contributed by atoms with Gasteiger partial charge in [0.05, 0.1) is 0 Å². The number of ether oxygens (including phenoxy) is 1. The number of amides is 1. The highest BCUT2D eigenvalue weighted by molar-refractivity contribution is 7.09. The van der Waals surface area contributed by atoms with E-state index in [1.54, 1.807) is 0 Å². The van der Waals surface area contributed by atoms with Crippen molar-refractivity contribution in [3.05, 3.63) is 22.4 Å². The van der Waals surface area contributed by atoms with Crippen LogP contribution in [0, 0.1) is 5.92 Å². The third-order valence-electron chi connectivity index (χ3n) is 4.73. The number of hydrogen-bond donors (Lipinski definition) is 3. The molecule has 0 saturated carbocycles. The van der Waals surface area contributed by atoms with Crippen molar-refractivity contribution >= 4 is 23.4 Å². The highest BCUT2D eigenvalue weighted by atomic mass is 32.1. The van der Waals surface area contributed by atoms with Crippen molar-refractivity contribution in [1.82, 2.24) is 20.9 Å². The van der Waals surface area contributed by atoms with Crippen LogP contribution in [0.4, 0.5) is 4.79 Å². The largest absolute Gasteiger partial charge is 0.444 e. The molecule has 1 aromatic heterocycles. The van der Waals surface area contributed by atoms with E-state index < -0.39 is 5.60 Å². The van der Waals surface area contributed by atoms with Crippen molar-refractivity contribution < 1.29 is 9.53 Å². The van der Waals surface area contributed by atoms with Crippen LogP contribution in [-0.4, -0.2) is 61.8 Å². The minimum Gasteiger partial charge on any atom is -0.444 e. The molecule has 2 rings (SSSR count). The Morgan fingerprint density at radius 2 is 2.10 bits per heavy atom. The number of alkyl carbamates (subject to hydrolysis) is 1. The van der Waals surface area contributed by atoms with Gasteiger partial charge in [-0.15, -0.1) is 11.3 Å². The van der Waals surface area contributed by atoms with Gasteiger partial charge in [-0.25, -0.2) is 4.79 Å². The maximum Gasteiger partial charge on any atom is 0.407 e. The van der Waals surface area contributed by atoms with Gasteiger partial charge in [0.25, 0.3) is 0 Å². The smallest absolute Gasteiger partial charge is 0.407 e. The molecule has 8 heteroatoms. The summed E-state index contributed by atoms with van der Waals surface area (Å²) < 4.78 is 5.24. The summed E-state index contributed by atoms with van der Waals surface area (Å²) in [7, 11) is 0. The first kappa shape index (κ1) is 24.5. The van der Waals surface area contributed by atoms with Crippen molar-refractivity contribution in [2.75, 3.05) is 39.3 Å². The zero-order valence-corrected chi connectivity index (χ0v) is 19.8. The van der Waals surface area contributed by atoms with E-state index in [-0.39, 0.29) is 6.09 Å². The van der Waals surface area contributed by atoms with Gasteiger partial charge in [-0.3, -0.25) is 9.89 Å². The highest BCUT2D eigenvalue weighted by Crippen LogP contribution is 2.20. The van der Waals surface area contributed by atoms with Gasteiger partial charge in [0, 0.05) is 44.1 Å². The molecule has 0 aliphatic carbocycles. The monoisotopic (exact) mass is 437 g/mol. The molecular formula is C22H39N5O2S. The molecule has 1 atom stereocenters. The Kier molecular flexibility index (Phi) is 10.4. The number of hydrogen-bond acceptors (Lipinski definition) is 5. The van der Waals surface area contributed by atoms with Crippen molar-refractivity contribution in [1.29, 1.82) is 0 Å². The van der Waals surface area contributed by atoms with Crippen LogP contribution in [0.5, 0.6) is 0 Å². The van der Waals surface area contributed by atoms with Crippen LogP contribution < -0.4 is 16.0 Å². The number of likely N-dealkylation sites (tertiary alicyclic amines) is 1. The van der Waals surface area contributed by atoms with Gasteiger partial charge in [0.2, 0.25) is 0 Å². The topological polar surface area (TPSA) is 78.0 Å². The van der Waals surface area contributed by atoms with E-state index in [1.807, 2.05) is 32.1 Å². The quantitative estimate of drug-likeness (QED) is 0.313. The standard InChI is InChI=1S/C22H39N5O2S/c1-5-23-20(24-11-8-12-25-21(28)29-22(2,3)4)26-15-18-9-6-13-27(16-18)17-19-10-7-14-30-19/h7,10,14,18H,5-6,8-9,11-13,15-17H2,1-4H3,(H,25,28)(H2,23,24,26). The molecular weight excluding hydrogens is 398 g/mol. The first-order chi connectivity index (χ1) is 14.4. The lowest BCUT2D eigenvalue weighted by molar-refractivity contribution is 0.0527. The van der Waals surface area contributed by atoms with E-state index in [9.17, 15) is 4.79 Å². The molecule has 30 heavy (non-hydrogen) atoms. The Balaban J connectivity index is 1.68. The Hall–Kier alpha value is -1.80. The lowest BCUT2D eigenvalue weighted by Gasteiger charge is -2.31. The molecule has 1 amide bonds. The van der Waals surface area contributed by atoms with Crippen LogP contribution in [0.25, 0.3) is 0 Å². The minimum atomic E-state index is -0.467. The fourth-order valence-electron chi connectivity index (χ4n) is 3.43. The summed E-state index contributed by atoms with van der Waals surface area (Å²) in [6.07, 6.45) is 2.92. The Morgan fingerprint density at radius 1 is 1.30 bits per heavy atom. The van der Waals surface area contributed by atoms with E-state index in [0.29, 0.717) is 12.5 Å². The molecule has 1 fully saturated rings. The second-order valence-electron chi connectivity index (χ2n) is 8.75. The maximum atomic E-state index is 11.7. The average molecular weight is 438 g/mol. The highest BCUT2D eigenvalue weighted by Gasteiger charge is 2.20. The fourth-order valence-corrected chi connectivity index (χ4v) is 4.17. The number of piperidine rings is 1. The molecule has 7 nitrogen and oxygen atoms in total. The molecule has 1 unspecified atom stereocenters. The molecule has 2 heterocycles. The predicted molar refractivity (Wildman–Crippen MR) is 125 cm³/mol. The Bertz CT molecular complexity index is 642. The number of nitrogens with one attached hydrogen (secondary N) is 3. The number of thiophene rings is 1. The van der Waals surface area contributed by atoms with E-state index in [4.69, 9.17) is 9.73 Å². The molecule has 1 aromatic rings. The summed E-state index contributed by atoms with van der Waals surface area (Å²) in [6, 6.07) is 4.35. The summed E-state index contributed by atoms with van der Waals surface area (Å²) in [5.41, 5.74) is -0.467. The summed E-state index contributed by atoms with van der Waals surface area (Å²) in [6.45, 7) is 14.0. The molecule has 170 valence electrons. The molecule has 1 aliphatic rings. The van der Waals surface area contributed by atoms with Gasteiger partial charge >= 0.3 is 6.09 Å². The number of nitrogens with zero attached hydrogens (tertiary/aromatic N) is 2. The fraction of sp³-hybridized carbons (Fsp3) is 0.727. The minimum absolute atomic E-state index is 0.368. The SMILES string of the molecule is CCNC(=NCC1CCCN(Cc2cccs2)C1)NCCCNC(=O)OC(C)(C)C. The van der Waals surface area contributed by atoms with Crippen LogP contribution in [-0.2, 0) is 11.3 Å². The average Bonchev–Trinajstić information content (AvgIpc) is 3.17. The predicted octanol–water partition coefficient (Wildman–Crippen LogP) is 3.43. The van der Waals surface area contributed by atoms with Crippen LogP contribution in [0.15, 0.2) is 22.5 Å². The van der Waals surface area contributed by atoms with Crippen LogP contribution in [0.1, 0.15) is 51.8 Å². The second kappa shape index (κ2) is 12.8. The molecule has 0 aromatic carbocycles. The number of carbonyl (C=O) groups excluding carboxylic acids is 1. The summed E-state index contributed by atoms with van der Waals surface area (Å²) >= 11 is 1.84. The molecule has 0 radical (unpaired) electrons. The van der Waals surface area contributed by atoms with Gasteiger partial charge in [-0.1, -0.05) is 6.07 Å². The summed E-state index contributed by atoms with van der Waals surface area (Å²) in [5.74, 6) is 1.45. The lowest BCUT2D eigenvalue weighted by Crippen LogP contribution is -2.40. The van der Waals surface area contributed by atoms with E-state index in [1.165, 1.54) is 24.3 Å². The van der Waals surface area contributed by atoms with Gasteiger partial charge in [-0.2, -0.15) is 0 Å². The number of carbonyl (C=O) groups is 1. The third kappa shape index (κ3) is 10.3. The normalized spacial score (nSPS) is 18.1. The van der Waals surface area contributed by atoms with E-state index in [0.717, 1.165) is 45.1 Å². The molecule has 0 spiro atoms. The second-order valence-corrected chi connectivity index (χ2v) is 9.78. The van der Waals surface area contributed by atoms with Gasteiger partial charge in [-0.05, 0) is 70.9 Å². The van der Waals surface area contributed by atoms with E-state index >= 15 is 0 Å². The first-order valence-electron chi connectivity index (χ1n) is 11.1. The zero-order valence-electron chi connectivity index (χ0n) is 19.0. The molecule has 0 bridgehead atoms. The van der Waals surface area contributed by atoms with Crippen molar-refractivity contribution in [3.8, 4) is 0 Å². The van der Waals surface area contributed by atoms with E-state index in [2.05, 4.69) is 45.3 Å². The molecule has 1 aliphatic heterocycles. The number of guanidine groups is 1. The van der Waals surface area contributed by atoms with Gasteiger partial charge in [0.15, 0.2) is 5.96 Å². The number of rotatable bonds is 9. The van der Waals surface area contributed by atoms with Gasteiger partial charge in [0.1, 0.15) is 5.60 Å². The maximum absolute atomic E-state index is 11.7. The van der Waals surface area contributed by atoms with Crippen molar-refractivity contribution in [2.24, 2.45) is 10.9 Å². The summed E-state index contributed by atoms with van der Waals surface area (Å²) in [5, 5.41) is 11.6. The van der Waals surface area contributed by atoms with Crippen LogP contribution in [0.2, 0.25) is 0 Å². The molecule has 1 saturated heterocycles. The molecule has 3 N–H and O–H groups in total. The number of aliphatic imine (C=N–C) groups is 1. The zero-order chi connectivity index (χ0) is 21.8. The van der Waals surface area contributed by atoms with Crippen molar-refractivity contribution in [3.63, 3.8) is 0 Å². The Morgan fingerprint density at radius 3 is 2.80 bits per heavy atom. The Labute approximate surface area is 185 Å². The third-order valence-corrected chi connectivity index (χ3v) is 5.59. The first-order valence-corrected chi connectivity index (χ1v) is 12.0. The summed E-state index contributed by atoms with van der Waals surface area (Å²) in [4.78, 5) is 20.5. The van der Waals surface area contributed by atoms with Crippen molar-refractivity contribution in [2.45, 2.75) is 59.1 Å². The lowest BCUT2D eigenvalue weighted by atomic mass is 9.98. The van der Waals surface area contributed by atoms with Gasteiger partial charge < -0.3 is 20.7 Å². The van der Waals surface area contributed by atoms with Crippen LogP contribution >= 0.6 is 11.3 Å². The van der Waals surface area contributed by atoms with Crippen LogP contribution in [0.3, 0.4) is 0 Å².